The summed E-state index contributed by atoms with van der Waals surface area (Å²) in [5.41, 5.74) is 1.36. The molecule has 1 fully saturated rings. The molecule has 6 heteroatoms. The predicted octanol–water partition coefficient (Wildman–Crippen LogP) is 2.17. The van der Waals surface area contributed by atoms with E-state index in [1.54, 1.807) is 7.11 Å². The van der Waals surface area contributed by atoms with E-state index in [9.17, 15) is 0 Å². The molecule has 1 aromatic carbocycles. The smallest absolute Gasteiger partial charge is 0.191 e. The van der Waals surface area contributed by atoms with Crippen LogP contribution in [-0.4, -0.2) is 81.8 Å². The number of aliphatic imine (C=N–C) groups is 1. The molecule has 1 heterocycles. The van der Waals surface area contributed by atoms with Crippen LogP contribution in [-0.2, 0) is 11.3 Å². The Morgan fingerprint density at radius 2 is 2.11 bits per heavy atom. The molecule has 0 amide bonds. The second-order valence-electron chi connectivity index (χ2n) is 7.74. The van der Waals surface area contributed by atoms with Gasteiger partial charge in [-0.15, -0.1) is 0 Å². The van der Waals surface area contributed by atoms with Crippen LogP contribution in [0.15, 0.2) is 35.3 Å². The summed E-state index contributed by atoms with van der Waals surface area (Å²) in [6.07, 6.45) is 3.59. The van der Waals surface area contributed by atoms with E-state index in [0.29, 0.717) is 12.1 Å². The Balaban J connectivity index is 1.66. The van der Waals surface area contributed by atoms with Gasteiger partial charge in [0.15, 0.2) is 5.96 Å². The van der Waals surface area contributed by atoms with Crippen molar-refractivity contribution in [1.29, 1.82) is 0 Å². The van der Waals surface area contributed by atoms with Crippen LogP contribution in [0.4, 0.5) is 0 Å². The number of nitrogens with zero attached hydrogens (tertiary/aromatic N) is 3. The first kappa shape index (κ1) is 22.7. The molecule has 1 aromatic rings. The minimum Gasteiger partial charge on any atom is -0.383 e. The Labute approximate surface area is 171 Å². The first-order valence-corrected chi connectivity index (χ1v) is 10.6. The third-order valence-electron chi connectivity index (χ3n) is 5.69. The van der Waals surface area contributed by atoms with Gasteiger partial charge in [-0.25, -0.2) is 0 Å². The highest BCUT2D eigenvalue weighted by atomic mass is 16.5. The molecule has 0 aromatic heterocycles. The molecule has 0 bridgehead atoms. The molecular formula is C22H39N5O. The number of guanidine groups is 1. The lowest BCUT2D eigenvalue weighted by molar-refractivity contribution is 0.141. The van der Waals surface area contributed by atoms with E-state index in [1.165, 1.54) is 24.9 Å². The van der Waals surface area contributed by atoms with Crippen molar-refractivity contribution in [2.24, 2.45) is 4.99 Å². The van der Waals surface area contributed by atoms with Gasteiger partial charge in [0.05, 0.1) is 6.61 Å². The van der Waals surface area contributed by atoms with E-state index in [2.05, 4.69) is 69.7 Å². The highest BCUT2D eigenvalue weighted by Crippen LogP contribution is 2.15. The lowest BCUT2D eigenvalue weighted by Crippen LogP contribution is -2.46. The Kier molecular flexibility index (Phi) is 10.3. The molecule has 1 saturated heterocycles. The quantitative estimate of drug-likeness (QED) is 0.449. The van der Waals surface area contributed by atoms with Crippen molar-refractivity contribution >= 4 is 5.96 Å². The lowest BCUT2D eigenvalue weighted by Gasteiger charge is -2.26. The van der Waals surface area contributed by atoms with Gasteiger partial charge in [0, 0.05) is 52.4 Å². The van der Waals surface area contributed by atoms with Gasteiger partial charge < -0.3 is 15.4 Å². The average molecular weight is 390 g/mol. The molecule has 28 heavy (non-hydrogen) atoms. The van der Waals surface area contributed by atoms with Gasteiger partial charge in [-0.05, 0) is 45.3 Å². The fourth-order valence-electron chi connectivity index (χ4n) is 3.71. The highest BCUT2D eigenvalue weighted by molar-refractivity contribution is 5.79. The number of methoxy groups -OCH3 is 1. The van der Waals surface area contributed by atoms with E-state index in [4.69, 9.17) is 4.74 Å². The van der Waals surface area contributed by atoms with E-state index in [-0.39, 0.29) is 0 Å². The van der Waals surface area contributed by atoms with Crippen molar-refractivity contribution in [2.75, 3.05) is 54.0 Å². The van der Waals surface area contributed by atoms with Crippen LogP contribution >= 0.6 is 0 Å². The van der Waals surface area contributed by atoms with Crippen LogP contribution in [0.3, 0.4) is 0 Å². The number of nitrogens with one attached hydrogen (secondary N) is 2. The van der Waals surface area contributed by atoms with Crippen molar-refractivity contribution in [3.63, 3.8) is 0 Å². The Bertz CT molecular complexity index is 565. The molecule has 2 N–H and O–H groups in total. The van der Waals surface area contributed by atoms with Gasteiger partial charge in [0.1, 0.15) is 0 Å². The van der Waals surface area contributed by atoms with Crippen molar-refractivity contribution in [3.05, 3.63) is 35.9 Å². The zero-order chi connectivity index (χ0) is 20.2. The molecule has 2 unspecified atom stereocenters. The van der Waals surface area contributed by atoms with Crippen molar-refractivity contribution in [3.8, 4) is 0 Å². The van der Waals surface area contributed by atoms with Crippen molar-refractivity contribution in [2.45, 2.75) is 44.8 Å². The summed E-state index contributed by atoms with van der Waals surface area (Å²) in [6, 6.07) is 11.7. The topological polar surface area (TPSA) is 52.1 Å². The molecule has 0 saturated carbocycles. The summed E-state index contributed by atoms with van der Waals surface area (Å²) in [5, 5.41) is 6.97. The molecule has 6 nitrogen and oxygen atoms in total. The second kappa shape index (κ2) is 12.8. The summed E-state index contributed by atoms with van der Waals surface area (Å²) in [7, 11) is 5.81. The molecule has 0 aliphatic carbocycles. The van der Waals surface area contributed by atoms with Gasteiger partial charge in [-0.2, -0.15) is 0 Å². The van der Waals surface area contributed by atoms with Gasteiger partial charge in [0.2, 0.25) is 0 Å². The molecule has 158 valence electrons. The summed E-state index contributed by atoms with van der Waals surface area (Å²) in [5.74, 6) is 0.900. The fraction of sp³-hybridized carbons (Fsp3) is 0.682. The number of rotatable bonds is 11. The van der Waals surface area contributed by atoms with Gasteiger partial charge in [-0.3, -0.25) is 14.8 Å². The summed E-state index contributed by atoms with van der Waals surface area (Å²) in [6.45, 7) is 8.11. The number of ether oxygens (including phenoxy) is 1. The van der Waals surface area contributed by atoms with Crippen LogP contribution in [0.25, 0.3) is 0 Å². The van der Waals surface area contributed by atoms with Crippen LogP contribution in [0.1, 0.15) is 31.7 Å². The SMILES string of the molecule is CN=C(NCCC(C)N(C)Cc1ccccc1)NCC1CCCN1CCOC. The Hall–Kier alpha value is -1.63. The summed E-state index contributed by atoms with van der Waals surface area (Å²) in [4.78, 5) is 9.30. The molecular weight excluding hydrogens is 350 g/mol. The third-order valence-corrected chi connectivity index (χ3v) is 5.69. The van der Waals surface area contributed by atoms with Crippen LogP contribution in [0.2, 0.25) is 0 Å². The predicted molar refractivity (Wildman–Crippen MR) is 118 cm³/mol. The largest absolute Gasteiger partial charge is 0.383 e. The standard InChI is InChI=1S/C22H39N5O/c1-19(26(3)18-20-9-6-5-7-10-20)12-13-24-22(23-2)25-17-21-11-8-14-27(21)15-16-28-4/h5-7,9-10,19,21H,8,11-18H2,1-4H3,(H2,23,24,25). The summed E-state index contributed by atoms with van der Waals surface area (Å²) < 4.78 is 5.23. The number of likely N-dealkylation sites (tertiary alicyclic amines) is 1. The van der Waals surface area contributed by atoms with E-state index in [0.717, 1.165) is 45.2 Å². The maximum Gasteiger partial charge on any atom is 0.191 e. The zero-order valence-electron chi connectivity index (χ0n) is 18.2. The number of hydrogen-bond acceptors (Lipinski definition) is 4. The minimum absolute atomic E-state index is 0.505. The average Bonchev–Trinajstić information content (AvgIpc) is 3.16. The summed E-state index contributed by atoms with van der Waals surface area (Å²) >= 11 is 0. The van der Waals surface area contributed by atoms with Gasteiger partial charge in [-0.1, -0.05) is 30.3 Å². The number of hydrogen-bond donors (Lipinski definition) is 2. The van der Waals surface area contributed by atoms with Gasteiger partial charge in [0.25, 0.3) is 0 Å². The molecule has 2 rings (SSSR count). The minimum atomic E-state index is 0.505. The zero-order valence-corrected chi connectivity index (χ0v) is 18.2. The molecule has 1 aliphatic heterocycles. The van der Waals surface area contributed by atoms with Crippen molar-refractivity contribution in [1.82, 2.24) is 20.4 Å². The first-order valence-electron chi connectivity index (χ1n) is 10.6. The highest BCUT2D eigenvalue weighted by Gasteiger charge is 2.23. The Morgan fingerprint density at radius 3 is 2.82 bits per heavy atom. The maximum absolute atomic E-state index is 5.23. The lowest BCUT2D eigenvalue weighted by atomic mass is 10.1. The molecule has 1 aliphatic rings. The third kappa shape index (κ3) is 7.78. The van der Waals surface area contributed by atoms with Crippen LogP contribution < -0.4 is 10.6 Å². The second-order valence-corrected chi connectivity index (χ2v) is 7.74. The van der Waals surface area contributed by atoms with Crippen LogP contribution in [0, 0.1) is 0 Å². The Morgan fingerprint density at radius 1 is 1.32 bits per heavy atom. The normalized spacial score (nSPS) is 19.2. The molecule has 2 atom stereocenters. The maximum atomic E-state index is 5.23. The van der Waals surface area contributed by atoms with Crippen LogP contribution in [0.5, 0.6) is 0 Å². The first-order chi connectivity index (χ1) is 13.6. The fourth-order valence-corrected chi connectivity index (χ4v) is 3.71. The van der Waals surface area contributed by atoms with Gasteiger partial charge >= 0.3 is 0 Å². The monoisotopic (exact) mass is 389 g/mol. The van der Waals surface area contributed by atoms with E-state index < -0.39 is 0 Å². The van der Waals surface area contributed by atoms with E-state index >= 15 is 0 Å². The van der Waals surface area contributed by atoms with E-state index in [1.807, 2.05) is 7.05 Å². The number of benzene rings is 1. The van der Waals surface area contributed by atoms with Crippen molar-refractivity contribution < 1.29 is 4.74 Å². The molecule has 0 spiro atoms. The molecule has 0 radical (unpaired) electrons.